The molecule has 1 atom stereocenters. The fourth-order valence-electron chi connectivity index (χ4n) is 1.82. The van der Waals surface area contributed by atoms with Crippen molar-refractivity contribution in [1.29, 1.82) is 0 Å². The van der Waals surface area contributed by atoms with Gasteiger partial charge in [0.1, 0.15) is 5.82 Å². The molecule has 2 rings (SSSR count). The van der Waals surface area contributed by atoms with Gasteiger partial charge in [-0.3, -0.25) is 0 Å². The molecule has 0 amide bonds. The van der Waals surface area contributed by atoms with Gasteiger partial charge in [0, 0.05) is 17.5 Å². The number of benzene rings is 1. The number of rotatable bonds is 2. The Morgan fingerprint density at radius 1 is 1.47 bits per heavy atom. The van der Waals surface area contributed by atoms with Gasteiger partial charge in [-0.05, 0) is 43.2 Å². The van der Waals surface area contributed by atoms with Gasteiger partial charge in [-0.1, -0.05) is 6.07 Å². The molecule has 15 heavy (non-hydrogen) atoms. The van der Waals surface area contributed by atoms with Crippen molar-refractivity contribution in [2.45, 2.75) is 25.8 Å². The van der Waals surface area contributed by atoms with Gasteiger partial charge in [-0.15, -0.1) is 0 Å². The van der Waals surface area contributed by atoms with Gasteiger partial charge >= 0.3 is 0 Å². The maximum Gasteiger partial charge on any atom is 0.125 e. The van der Waals surface area contributed by atoms with Crippen LogP contribution < -0.4 is 5.32 Å². The fourth-order valence-corrected chi connectivity index (χ4v) is 2.90. The maximum absolute atomic E-state index is 13.1. The van der Waals surface area contributed by atoms with Gasteiger partial charge in [0.2, 0.25) is 0 Å². The van der Waals surface area contributed by atoms with E-state index in [9.17, 15) is 4.39 Å². The van der Waals surface area contributed by atoms with Crippen LogP contribution in [-0.4, -0.2) is 17.5 Å². The number of thioether (sulfide) groups is 1. The van der Waals surface area contributed by atoms with Crippen molar-refractivity contribution in [3.63, 3.8) is 0 Å². The van der Waals surface area contributed by atoms with Crippen LogP contribution in [0.1, 0.15) is 18.4 Å². The third-order valence-electron chi connectivity index (χ3n) is 2.72. The smallest absolute Gasteiger partial charge is 0.125 e. The van der Waals surface area contributed by atoms with E-state index in [1.165, 1.54) is 24.7 Å². The molecule has 1 aromatic rings. The number of anilines is 1. The van der Waals surface area contributed by atoms with Crippen LogP contribution >= 0.6 is 11.8 Å². The SMILES string of the molecule is Cc1ccc(F)cc1NC1CCCSC1. The van der Waals surface area contributed by atoms with Crippen molar-refractivity contribution < 1.29 is 4.39 Å². The quantitative estimate of drug-likeness (QED) is 0.827. The summed E-state index contributed by atoms with van der Waals surface area (Å²) in [5, 5.41) is 3.43. The zero-order chi connectivity index (χ0) is 10.7. The minimum absolute atomic E-state index is 0.161. The highest BCUT2D eigenvalue weighted by atomic mass is 32.2. The van der Waals surface area contributed by atoms with E-state index in [1.54, 1.807) is 6.07 Å². The molecule has 0 aromatic heterocycles. The fraction of sp³-hybridized carbons (Fsp3) is 0.500. The lowest BCUT2D eigenvalue weighted by Gasteiger charge is -2.24. The number of aryl methyl sites for hydroxylation is 1. The summed E-state index contributed by atoms with van der Waals surface area (Å²) in [6.07, 6.45) is 2.46. The first-order valence-corrected chi connectivity index (χ1v) is 6.51. The molecule has 0 spiro atoms. The van der Waals surface area contributed by atoms with Crippen molar-refractivity contribution in [2.75, 3.05) is 16.8 Å². The second-order valence-corrected chi connectivity index (χ2v) is 5.17. The molecule has 1 unspecified atom stereocenters. The summed E-state index contributed by atoms with van der Waals surface area (Å²) in [7, 11) is 0. The number of halogens is 1. The summed E-state index contributed by atoms with van der Waals surface area (Å²) >= 11 is 1.98. The molecule has 1 N–H and O–H groups in total. The van der Waals surface area contributed by atoms with Crippen LogP contribution in [0.3, 0.4) is 0 Å². The summed E-state index contributed by atoms with van der Waals surface area (Å²) in [5.41, 5.74) is 2.06. The summed E-state index contributed by atoms with van der Waals surface area (Å²) in [6, 6.07) is 5.43. The topological polar surface area (TPSA) is 12.0 Å². The van der Waals surface area contributed by atoms with E-state index in [1.807, 2.05) is 24.8 Å². The van der Waals surface area contributed by atoms with E-state index in [0.29, 0.717) is 6.04 Å². The molecule has 1 heterocycles. The third kappa shape index (κ3) is 2.88. The summed E-state index contributed by atoms with van der Waals surface area (Å²) in [4.78, 5) is 0. The third-order valence-corrected chi connectivity index (χ3v) is 3.93. The molecule has 1 saturated heterocycles. The minimum atomic E-state index is -0.161. The summed E-state index contributed by atoms with van der Waals surface area (Å²) in [6.45, 7) is 2.01. The Hall–Kier alpha value is -0.700. The van der Waals surface area contributed by atoms with Crippen molar-refractivity contribution >= 4 is 17.4 Å². The molecule has 0 bridgehead atoms. The second kappa shape index (κ2) is 4.88. The molecule has 1 aliphatic heterocycles. The second-order valence-electron chi connectivity index (χ2n) is 4.02. The molecular formula is C12H16FNS. The average molecular weight is 225 g/mol. The molecule has 82 valence electrons. The van der Waals surface area contributed by atoms with E-state index < -0.39 is 0 Å². The van der Waals surface area contributed by atoms with Gasteiger partial charge in [0.15, 0.2) is 0 Å². The Kier molecular flexibility index (Phi) is 3.52. The predicted molar refractivity (Wildman–Crippen MR) is 65.1 cm³/mol. The standard InChI is InChI=1S/C12H16FNS/c1-9-4-5-10(13)7-12(9)14-11-3-2-6-15-8-11/h4-5,7,11,14H,2-3,6,8H2,1H3. The Bertz CT molecular complexity index is 334. The van der Waals surface area contributed by atoms with Crippen LogP contribution in [0.25, 0.3) is 0 Å². The highest BCUT2D eigenvalue weighted by Crippen LogP contribution is 2.23. The first kappa shape index (κ1) is 10.8. The number of hydrogen-bond acceptors (Lipinski definition) is 2. The molecule has 1 fully saturated rings. The van der Waals surface area contributed by atoms with E-state index in [4.69, 9.17) is 0 Å². The van der Waals surface area contributed by atoms with Crippen molar-refractivity contribution in [1.82, 2.24) is 0 Å². The van der Waals surface area contributed by atoms with E-state index >= 15 is 0 Å². The van der Waals surface area contributed by atoms with Gasteiger partial charge in [0.05, 0.1) is 0 Å². The number of hydrogen-bond donors (Lipinski definition) is 1. The van der Waals surface area contributed by atoms with Crippen LogP contribution in [0.5, 0.6) is 0 Å². The molecule has 1 aromatic carbocycles. The highest BCUT2D eigenvalue weighted by Gasteiger charge is 2.14. The van der Waals surface area contributed by atoms with Crippen LogP contribution in [0.15, 0.2) is 18.2 Å². The largest absolute Gasteiger partial charge is 0.381 e. The molecule has 0 radical (unpaired) electrons. The first-order chi connectivity index (χ1) is 7.25. The average Bonchev–Trinajstić information content (AvgIpc) is 2.25. The zero-order valence-corrected chi connectivity index (χ0v) is 9.74. The monoisotopic (exact) mass is 225 g/mol. The van der Waals surface area contributed by atoms with Crippen molar-refractivity contribution in [2.24, 2.45) is 0 Å². The Morgan fingerprint density at radius 3 is 3.07 bits per heavy atom. The Morgan fingerprint density at radius 2 is 2.33 bits per heavy atom. The van der Waals surface area contributed by atoms with Crippen LogP contribution in [-0.2, 0) is 0 Å². The summed E-state index contributed by atoms with van der Waals surface area (Å²) in [5.74, 6) is 2.24. The van der Waals surface area contributed by atoms with Gasteiger partial charge < -0.3 is 5.32 Å². The highest BCUT2D eigenvalue weighted by molar-refractivity contribution is 7.99. The van der Waals surface area contributed by atoms with Crippen LogP contribution in [0.4, 0.5) is 10.1 Å². The maximum atomic E-state index is 13.1. The van der Waals surface area contributed by atoms with Crippen LogP contribution in [0.2, 0.25) is 0 Å². The van der Waals surface area contributed by atoms with Gasteiger partial charge in [-0.25, -0.2) is 4.39 Å². The Balaban J connectivity index is 2.05. The first-order valence-electron chi connectivity index (χ1n) is 5.36. The molecular weight excluding hydrogens is 209 g/mol. The van der Waals surface area contributed by atoms with Gasteiger partial charge in [0.25, 0.3) is 0 Å². The molecule has 0 aliphatic carbocycles. The lowest BCUT2D eigenvalue weighted by atomic mass is 10.1. The van der Waals surface area contributed by atoms with E-state index in [2.05, 4.69) is 5.32 Å². The lowest BCUT2D eigenvalue weighted by Crippen LogP contribution is -2.26. The Labute approximate surface area is 94.5 Å². The van der Waals surface area contributed by atoms with Crippen LogP contribution in [0, 0.1) is 12.7 Å². The van der Waals surface area contributed by atoms with Gasteiger partial charge in [-0.2, -0.15) is 11.8 Å². The predicted octanol–water partition coefficient (Wildman–Crippen LogP) is 3.44. The van der Waals surface area contributed by atoms with Crippen molar-refractivity contribution in [3.8, 4) is 0 Å². The molecule has 1 nitrogen and oxygen atoms in total. The number of nitrogens with one attached hydrogen (secondary N) is 1. The molecule has 1 aliphatic rings. The normalized spacial score (nSPS) is 21.3. The zero-order valence-electron chi connectivity index (χ0n) is 8.92. The summed E-state index contributed by atoms with van der Waals surface area (Å²) < 4.78 is 13.1. The minimum Gasteiger partial charge on any atom is -0.381 e. The van der Waals surface area contributed by atoms with E-state index in [0.717, 1.165) is 17.0 Å². The molecule has 0 saturated carbocycles. The van der Waals surface area contributed by atoms with E-state index in [-0.39, 0.29) is 5.82 Å². The molecule has 3 heteroatoms. The lowest BCUT2D eigenvalue weighted by molar-refractivity contribution is 0.626. The van der Waals surface area contributed by atoms with Crippen molar-refractivity contribution in [3.05, 3.63) is 29.6 Å².